The summed E-state index contributed by atoms with van der Waals surface area (Å²) in [5, 5.41) is 25.2. The van der Waals surface area contributed by atoms with Gasteiger partial charge >= 0.3 is 13.8 Å². The third-order valence-corrected chi connectivity index (χ3v) is 5.87. The Kier molecular flexibility index (Phi) is 13.8. The van der Waals surface area contributed by atoms with E-state index in [1.807, 2.05) is 0 Å². The number of aliphatic carboxylic acids is 1. The van der Waals surface area contributed by atoms with Crippen molar-refractivity contribution < 1.29 is 57.9 Å². The molecule has 0 saturated carbocycles. The molecule has 0 fully saturated rings. The van der Waals surface area contributed by atoms with Crippen LogP contribution in [-0.4, -0.2) is 86.3 Å². The number of nitrogens with one attached hydrogen (secondary N) is 3. The highest BCUT2D eigenvalue weighted by molar-refractivity contribution is 7.46. The van der Waals surface area contributed by atoms with Gasteiger partial charge in [-0.1, -0.05) is 12.1 Å². The van der Waals surface area contributed by atoms with Crippen molar-refractivity contribution in [3.63, 3.8) is 0 Å². The fraction of sp³-hybridized carbons (Fsp3) is 0.455. The molecule has 13 N–H and O–H groups in total. The minimum Gasteiger partial charge on any atom is -0.508 e. The normalized spacial score (nSPS) is 14.1. The van der Waals surface area contributed by atoms with Crippen molar-refractivity contribution >= 4 is 43.3 Å². The Bertz CT molecular complexity index is 1160. The molecule has 1 aromatic carbocycles. The molecule has 0 radical (unpaired) electrons. The van der Waals surface area contributed by atoms with Gasteiger partial charge in [0.1, 0.15) is 29.9 Å². The predicted molar refractivity (Wildman–Crippen MR) is 138 cm³/mol. The molecule has 1 rings (SSSR count). The highest BCUT2D eigenvalue weighted by atomic mass is 31.2. The minimum absolute atomic E-state index is 0.0434. The standard InChI is InChI=1S/C22H33N6O12P/c23-13(10-40-41(37,38)39)20(34)26-14(5-7-17(24)30)21(35)27-15(6-8-18(31)32)22(36)28-16(19(25)33)9-11-1-3-12(29)4-2-11/h1-4,13-16,29H,5-10,23H2,(H2,24,30)(H2,25,33)(H,26,34)(H,27,35)(H,28,36)(H,31,32)(H2,37,38,39)/t13-,14-,15-,16-/m0/s1. The predicted octanol–water partition coefficient (Wildman–Crippen LogP) is -3.56. The summed E-state index contributed by atoms with van der Waals surface area (Å²) in [6.45, 7) is -0.931. The smallest absolute Gasteiger partial charge is 0.469 e. The lowest BCUT2D eigenvalue weighted by atomic mass is 10.0. The number of phenols is 1. The van der Waals surface area contributed by atoms with Crippen molar-refractivity contribution in [3.05, 3.63) is 29.8 Å². The van der Waals surface area contributed by atoms with Crippen molar-refractivity contribution in [1.29, 1.82) is 0 Å². The second-order valence-corrected chi connectivity index (χ2v) is 10.0. The monoisotopic (exact) mass is 604 g/mol. The zero-order valence-electron chi connectivity index (χ0n) is 21.6. The summed E-state index contributed by atoms with van der Waals surface area (Å²) in [7, 11) is -4.96. The Morgan fingerprint density at radius 3 is 1.78 bits per heavy atom. The van der Waals surface area contributed by atoms with Gasteiger partial charge in [0, 0.05) is 19.3 Å². The number of phenolic OH excluding ortho intramolecular Hbond substituents is 1. The molecule has 0 aliphatic rings. The summed E-state index contributed by atoms with van der Waals surface area (Å²) in [6.07, 6.45) is -1.97. The third-order valence-electron chi connectivity index (χ3n) is 5.39. The number of primary amides is 2. The van der Waals surface area contributed by atoms with Gasteiger partial charge in [-0.15, -0.1) is 0 Å². The molecular weight excluding hydrogens is 571 g/mol. The van der Waals surface area contributed by atoms with Crippen LogP contribution in [0.25, 0.3) is 0 Å². The SMILES string of the molecule is NC(=O)CC[C@H](NC(=O)[C@@H](N)COP(=O)(O)O)C(=O)N[C@@H](CCC(=O)O)C(=O)N[C@@H](Cc1ccc(O)cc1)C(N)=O. The van der Waals surface area contributed by atoms with E-state index in [0.717, 1.165) is 0 Å². The van der Waals surface area contributed by atoms with Crippen molar-refractivity contribution in [2.75, 3.05) is 6.61 Å². The Balaban J connectivity index is 3.08. The van der Waals surface area contributed by atoms with Crippen LogP contribution in [0.4, 0.5) is 0 Å². The van der Waals surface area contributed by atoms with Gasteiger partial charge in [-0.05, 0) is 30.5 Å². The van der Waals surface area contributed by atoms with Crippen molar-refractivity contribution in [1.82, 2.24) is 16.0 Å². The zero-order chi connectivity index (χ0) is 31.3. The fourth-order valence-electron chi connectivity index (χ4n) is 3.26. The van der Waals surface area contributed by atoms with E-state index in [0.29, 0.717) is 5.56 Å². The van der Waals surface area contributed by atoms with Gasteiger partial charge in [0.05, 0.1) is 6.61 Å². The van der Waals surface area contributed by atoms with Gasteiger partial charge in [-0.3, -0.25) is 33.3 Å². The molecule has 0 unspecified atom stereocenters. The first kappa shape index (κ1) is 34.9. The van der Waals surface area contributed by atoms with Crippen LogP contribution in [-0.2, 0) is 44.3 Å². The number of carboxylic acids is 1. The number of nitrogens with two attached hydrogens (primary N) is 3. The summed E-state index contributed by atoms with van der Waals surface area (Å²) >= 11 is 0. The quantitative estimate of drug-likeness (QED) is 0.0726. The number of carboxylic acid groups (broad SMARTS) is 1. The first-order valence-corrected chi connectivity index (χ1v) is 13.5. The number of carbonyl (C=O) groups excluding carboxylic acids is 5. The fourth-order valence-corrected chi connectivity index (χ4v) is 3.61. The topological polar surface area (TPSA) is 324 Å². The molecule has 4 atom stereocenters. The van der Waals surface area contributed by atoms with Gasteiger partial charge in [0.2, 0.25) is 29.5 Å². The molecule has 0 aliphatic heterocycles. The molecule has 0 saturated heterocycles. The highest BCUT2D eigenvalue weighted by Gasteiger charge is 2.31. The molecule has 0 heterocycles. The van der Waals surface area contributed by atoms with E-state index >= 15 is 0 Å². The lowest BCUT2D eigenvalue weighted by molar-refractivity contribution is -0.138. The van der Waals surface area contributed by atoms with E-state index < -0.39 is 99.8 Å². The third kappa shape index (κ3) is 14.2. The van der Waals surface area contributed by atoms with Gasteiger partial charge in [0.25, 0.3) is 0 Å². The molecular formula is C22H33N6O12P. The molecule has 0 aromatic heterocycles. The van der Waals surface area contributed by atoms with Crippen molar-refractivity contribution in [2.45, 2.75) is 56.3 Å². The maximum absolute atomic E-state index is 13.0. The van der Waals surface area contributed by atoms with E-state index in [1.165, 1.54) is 24.3 Å². The minimum atomic E-state index is -4.96. The van der Waals surface area contributed by atoms with E-state index in [2.05, 4.69) is 20.5 Å². The van der Waals surface area contributed by atoms with Crippen LogP contribution in [0.3, 0.4) is 0 Å². The Morgan fingerprint density at radius 2 is 1.32 bits per heavy atom. The largest absolute Gasteiger partial charge is 0.508 e. The number of phosphoric acid groups is 1. The molecule has 19 heteroatoms. The van der Waals surface area contributed by atoms with Crippen LogP contribution in [0.5, 0.6) is 5.75 Å². The molecule has 5 amide bonds. The maximum Gasteiger partial charge on any atom is 0.469 e. The van der Waals surface area contributed by atoms with E-state index in [9.17, 15) is 38.4 Å². The summed E-state index contributed by atoms with van der Waals surface area (Å²) in [5.41, 5.74) is 16.5. The zero-order valence-corrected chi connectivity index (χ0v) is 22.5. The number of benzene rings is 1. The van der Waals surface area contributed by atoms with Gasteiger partial charge < -0.3 is 53.2 Å². The summed E-state index contributed by atoms with van der Waals surface area (Å²) in [4.78, 5) is 90.3. The number of aromatic hydroxyl groups is 1. The molecule has 0 bridgehead atoms. The molecule has 0 spiro atoms. The van der Waals surface area contributed by atoms with Crippen molar-refractivity contribution in [2.24, 2.45) is 17.2 Å². The Hall–Kier alpha value is -4.09. The number of carbonyl (C=O) groups is 6. The Morgan fingerprint density at radius 1 is 0.829 bits per heavy atom. The molecule has 1 aromatic rings. The van der Waals surface area contributed by atoms with Crippen LogP contribution in [0, 0.1) is 0 Å². The van der Waals surface area contributed by atoms with Gasteiger partial charge in [0.15, 0.2) is 0 Å². The van der Waals surface area contributed by atoms with Crippen LogP contribution in [0.2, 0.25) is 0 Å². The first-order chi connectivity index (χ1) is 19.0. The summed E-state index contributed by atoms with van der Waals surface area (Å²) in [6, 6.07) is -0.431. The number of phosphoric ester groups is 1. The molecule has 0 aliphatic carbocycles. The second kappa shape index (κ2) is 16.2. The second-order valence-electron chi connectivity index (χ2n) is 8.79. The van der Waals surface area contributed by atoms with Gasteiger partial charge in [-0.2, -0.15) is 0 Å². The Labute approximate surface area is 233 Å². The number of hydrogen-bond acceptors (Lipinski definition) is 10. The average Bonchev–Trinajstić information content (AvgIpc) is 2.87. The molecule has 228 valence electrons. The number of hydrogen-bond donors (Lipinski definition) is 10. The molecule has 41 heavy (non-hydrogen) atoms. The number of rotatable bonds is 18. The first-order valence-electron chi connectivity index (χ1n) is 11.9. The average molecular weight is 605 g/mol. The van der Waals surface area contributed by atoms with Crippen molar-refractivity contribution in [3.8, 4) is 5.75 Å². The van der Waals surface area contributed by atoms with Gasteiger partial charge in [-0.25, -0.2) is 4.57 Å². The lowest BCUT2D eigenvalue weighted by Crippen LogP contribution is -2.58. The highest BCUT2D eigenvalue weighted by Crippen LogP contribution is 2.35. The van der Waals surface area contributed by atoms with Crippen LogP contribution < -0.4 is 33.2 Å². The van der Waals surface area contributed by atoms with E-state index in [1.54, 1.807) is 0 Å². The maximum atomic E-state index is 13.0. The van der Waals surface area contributed by atoms with E-state index in [-0.39, 0.29) is 12.2 Å². The van der Waals surface area contributed by atoms with Crippen LogP contribution in [0.15, 0.2) is 24.3 Å². The molecule has 18 nitrogen and oxygen atoms in total. The summed E-state index contributed by atoms with van der Waals surface area (Å²) in [5.74, 6) is -6.34. The number of amides is 5. The van der Waals surface area contributed by atoms with Crippen LogP contribution in [0.1, 0.15) is 31.2 Å². The van der Waals surface area contributed by atoms with Crippen LogP contribution >= 0.6 is 7.82 Å². The van der Waals surface area contributed by atoms with E-state index in [4.69, 9.17) is 32.1 Å². The lowest BCUT2D eigenvalue weighted by Gasteiger charge is -2.25. The summed E-state index contributed by atoms with van der Waals surface area (Å²) < 4.78 is 15.0.